The Morgan fingerprint density at radius 3 is 2.71 bits per heavy atom. The van der Waals surface area contributed by atoms with E-state index >= 15 is 0 Å². The summed E-state index contributed by atoms with van der Waals surface area (Å²) in [4.78, 5) is 0. The third-order valence-electron chi connectivity index (χ3n) is 4.08. The van der Waals surface area contributed by atoms with Crippen LogP contribution >= 0.6 is 12.4 Å². The standard InChI is InChI=1S/C18H22N2.ClH/c1-14-5-2-3-6-15(14)9-11-19-13-17-8-4-7-16-10-12-20-18(16)17;/h2-8,19-20H,9-13H2,1H3;1H. The van der Waals surface area contributed by atoms with Gasteiger partial charge in [-0.2, -0.15) is 0 Å². The second-order valence-electron chi connectivity index (χ2n) is 5.48. The number of halogens is 1. The summed E-state index contributed by atoms with van der Waals surface area (Å²) in [5.74, 6) is 0. The molecule has 0 spiro atoms. The molecule has 0 atom stereocenters. The lowest BCUT2D eigenvalue weighted by Crippen LogP contribution is -2.17. The Balaban J connectivity index is 0.00000161. The number of aryl methyl sites for hydroxylation is 1. The highest BCUT2D eigenvalue weighted by Gasteiger charge is 2.12. The quantitative estimate of drug-likeness (QED) is 0.823. The van der Waals surface area contributed by atoms with E-state index in [4.69, 9.17) is 0 Å². The highest BCUT2D eigenvalue weighted by molar-refractivity contribution is 5.85. The van der Waals surface area contributed by atoms with E-state index in [0.29, 0.717) is 0 Å². The maximum atomic E-state index is 3.57. The average Bonchev–Trinajstić information content (AvgIpc) is 2.94. The van der Waals surface area contributed by atoms with Crippen molar-refractivity contribution in [3.05, 3.63) is 64.7 Å². The molecule has 1 aliphatic heterocycles. The largest absolute Gasteiger partial charge is 0.384 e. The number of para-hydroxylation sites is 1. The average molecular weight is 303 g/mol. The Kier molecular flexibility index (Phi) is 5.66. The normalized spacial score (nSPS) is 12.4. The summed E-state index contributed by atoms with van der Waals surface area (Å²) in [5, 5.41) is 7.06. The van der Waals surface area contributed by atoms with Gasteiger partial charge < -0.3 is 10.6 Å². The van der Waals surface area contributed by atoms with Gasteiger partial charge in [-0.25, -0.2) is 0 Å². The molecular formula is C18H23ClN2. The predicted molar refractivity (Wildman–Crippen MR) is 92.5 cm³/mol. The maximum Gasteiger partial charge on any atom is 0.0419 e. The first-order chi connectivity index (χ1) is 9.84. The van der Waals surface area contributed by atoms with Crippen LogP contribution in [0.4, 0.5) is 5.69 Å². The molecule has 0 unspecified atom stereocenters. The first-order valence-corrected chi connectivity index (χ1v) is 7.44. The van der Waals surface area contributed by atoms with Crippen molar-refractivity contribution in [2.24, 2.45) is 0 Å². The Labute approximate surface area is 133 Å². The molecule has 3 rings (SSSR count). The van der Waals surface area contributed by atoms with Gasteiger partial charge in [0.05, 0.1) is 0 Å². The van der Waals surface area contributed by atoms with Gasteiger partial charge in [0.25, 0.3) is 0 Å². The van der Waals surface area contributed by atoms with Gasteiger partial charge in [-0.1, -0.05) is 42.5 Å². The summed E-state index contributed by atoms with van der Waals surface area (Å²) in [6.07, 6.45) is 2.25. The molecule has 0 bridgehead atoms. The molecule has 1 aliphatic rings. The van der Waals surface area contributed by atoms with Crippen molar-refractivity contribution in [2.45, 2.75) is 26.3 Å². The van der Waals surface area contributed by atoms with E-state index in [0.717, 1.165) is 32.5 Å². The minimum atomic E-state index is 0. The van der Waals surface area contributed by atoms with E-state index in [2.05, 4.69) is 60.0 Å². The first kappa shape index (κ1) is 15.9. The van der Waals surface area contributed by atoms with Gasteiger partial charge in [0.1, 0.15) is 0 Å². The van der Waals surface area contributed by atoms with Crippen LogP contribution in [0.1, 0.15) is 22.3 Å². The minimum absolute atomic E-state index is 0. The molecule has 3 heteroatoms. The lowest BCUT2D eigenvalue weighted by molar-refractivity contribution is 0.686. The lowest BCUT2D eigenvalue weighted by atomic mass is 10.1. The predicted octanol–water partition coefficient (Wildman–Crippen LogP) is 3.72. The Hall–Kier alpha value is -1.51. The van der Waals surface area contributed by atoms with Crippen LogP contribution in [0.15, 0.2) is 42.5 Å². The first-order valence-electron chi connectivity index (χ1n) is 7.44. The van der Waals surface area contributed by atoms with Crippen molar-refractivity contribution in [3.8, 4) is 0 Å². The van der Waals surface area contributed by atoms with Crippen LogP contribution in [0.3, 0.4) is 0 Å². The minimum Gasteiger partial charge on any atom is -0.384 e. The summed E-state index contributed by atoms with van der Waals surface area (Å²) in [6.45, 7) is 5.23. The fourth-order valence-corrected chi connectivity index (χ4v) is 2.89. The van der Waals surface area contributed by atoms with Crippen LogP contribution in [0.2, 0.25) is 0 Å². The molecular weight excluding hydrogens is 280 g/mol. The molecule has 1 heterocycles. The van der Waals surface area contributed by atoms with Crippen molar-refractivity contribution in [3.63, 3.8) is 0 Å². The number of anilines is 1. The molecule has 0 saturated carbocycles. The van der Waals surface area contributed by atoms with Crippen LogP contribution in [0.25, 0.3) is 0 Å². The zero-order valence-electron chi connectivity index (χ0n) is 12.5. The Morgan fingerprint density at radius 1 is 1.05 bits per heavy atom. The second-order valence-corrected chi connectivity index (χ2v) is 5.48. The number of hydrogen-bond acceptors (Lipinski definition) is 2. The SMILES string of the molecule is Cc1ccccc1CCNCc1cccc2c1NCC2.Cl. The Morgan fingerprint density at radius 2 is 1.86 bits per heavy atom. The van der Waals surface area contributed by atoms with Gasteiger partial charge in [0.15, 0.2) is 0 Å². The second kappa shape index (κ2) is 7.48. The molecule has 2 aromatic carbocycles. The van der Waals surface area contributed by atoms with Gasteiger partial charge in [0.2, 0.25) is 0 Å². The smallest absolute Gasteiger partial charge is 0.0419 e. The lowest BCUT2D eigenvalue weighted by Gasteiger charge is -2.11. The molecule has 0 radical (unpaired) electrons. The van der Waals surface area contributed by atoms with E-state index in [1.807, 2.05) is 0 Å². The molecule has 112 valence electrons. The molecule has 0 aliphatic carbocycles. The third kappa shape index (κ3) is 3.78. The van der Waals surface area contributed by atoms with Crippen molar-refractivity contribution >= 4 is 18.1 Å². The summed E-state index contributed by atoms with van der Waals surface area (Å²) in [5.41, 5.74) is 7.04. The van der Waals surface area contributed by atoms with Crippen LogP contribution < -0.4 is 10.6 Å². The third-order valence-corrected chi connectivity index (χ3v) is 4.08. The van der Waals surface area contributed by atoms with E-state index in [9.17, 15) is 0 Å². The van der Waals surface area contributed by atoms with E-state index in [1.165, 1.54) is 27.9 Å². The van der Waals surface area contributed by atoms with Gasteiger partial charge in [-0.05, 0) is 48.6 Å². The van der Waals surface area contributed by atoms with E-state index in [1.54, 1.807) is 0 Å². The number of nitrogens with one attached hydrogen (secondary N) is 2. The maximum absolute atomic E-state index is 3.57. The number of rotatable bonds is 5. The summed E-state index contributed by atoms with van der Waals surface area (Å²) in [6, 6.07) is 15.2. The van der Waals surface area contributed by atoms with Gasteiger partial charge in [-0.3, -0.25) is 0 Å². The molecule has 2 aromatic rings. The van der Waals surface area contributed by atoms with Crippen LogP contribution in [-0.2, 0) is 19.4 Å². The topological polar surface area (TPSA) is 24.1 Å². The number of fused-ring (bicyclic) bond motifs is 1. The van der Waals surface area contributed by atoms with Gasteiger partial charge >= 0.3 is 0 Å². The summed E-state index contributed by atoms with van der Waals surface area (Å²) in [7, 11) is 0. The molecule has 21 heavy (non-hydrogen) atoms. The van der Waals surface area contributed by atoms with Crippen molar-refractivity contribution in [2.75, 3.05) is 18.4 Å². The zero-order valence-corrected chi connectivity index (χ0v) is 13.3. The van der Waals surface area contributed by atoms with Crippen LogP contribution in [0, 0.1) is 6.92 Å². The molecule has 0 fully saturated rings. The number of benzene rings is 2. The fraction of sp³-hybridized carbons (Fsp3) is 0.333. The van der Waals surface area contributed by atoms with Crippen molar-refractivity contribution in [1.29, 1.82) is 0 Å². The molecule has 0 aromatic heterocycles. The van der Waals surface area contributed by atoms with Gasteiger partial charge in [0, 0.05) is 18.8 Å². The van der Waals surface area contributed by atoms with Crippen LogP contribution in [0.5, 0.6) is 0 Å². The highest BCUT2D eigenvalue weighted by atomic mass is 35.5. The van der Waals surface area contributed by atoms with E-state index < -0.39 is 0 Å². The summed E-state index contributed by atoms with van der Waals surface area (Å²) >= 11 is 0. The summed E-state index contributed by atoms with van der Waals surface area (Å²) < 4.78 is 0. The zero-order chi connectivity index (χ0) is 13.8. The molecule has 0 saturated heterocycles. The molecule has 2 nitrogen and oxygen atoms in total. The van der Waals surface area contributed by atoms with Crippen molar-refractivity contribution < 1.29 is 0 Å². The highest BCUT2D eigenvalue weighted by Crippen LogP contribution is 2.26. The van der Waals surface area contributed by atoms with Crippen LogP contribution in [-0.4, -0.2) is 13.1 Å². The fourth-order valence-electron chi connectivity index (χ4n) is 2.89. The molecule has 2 N–H and O–H groups in total. The van der Waals surface area contributed by atoms with Crippen molar-refractivity contribution in [1.82, 2.24) is 5.32 Å². The molecule has 0 amide bonds. The Bertz CT molecular complexity index is 596. The van der Waals surface area contributed by atoms with Gasteiger partial charge in [-0.15, -0.1) is 12.4 Å². The van der Waals surface area contributed by atoms with E-state index in [-0.39, 0.29) is 12.4 Å². The monoisotopic (exact) mass is 302 g/mol. The number of hydrogen-bond donors (Lipinski definition) is 2.